The number of nitrogens with one attached hydrogen (secondary N) is 2. The Balaban J connectivity index is 1.25. The van der Waals surface area contributed by atoms with E-state index in [1.807, 2.05) is 53.4 Å². The van der Waals surface area contributed by atoms with Gasteiger partial charge in [0.15, 0.2) is 0 Å². The summed E-state index contributed by atoms with van der Waals surface area (Å²) in [6.45, 7) is 3.12. The summed E-state index contributed by atoms with van der Waals surface area (Å²) in [6, 6.07) is 26.7. The fourth-order valence-corrected chi connectivity index (χ4v) is 5.68. The van der Waals surface area contributed by atoms with Gasteiger partial charge in [0.25, 0.3) is 5.91 Å². The topological polar surface area (TPSA) is 70.7 Å². The molecule has 2 saturated heterocycles. The molecule has 3 atom stereocenters. The number of morpholine rings is 1. The first-order valence-corrected chi connectivity index (χ1v) is 13.3. The van der Waals surface area contributed by atoms with Crippen LogP contribution in [0.4, 0.5) is 0 Å². The van der Waals surface area contributed by atoms with Gasteiger partial charge in [-0.1, -0.05) is 66.7 Å². The lowest BCUT2D eigenvalue weighted by Crippen LogP contribution is -2.47. The number of amides is 2. The van der Waals surface area contributed by atoms with Crippen LogP contribution in [-0.4, -0.2) is 55.6 Å². The number of rotatable bonds is 6. The molecule has 0 aromatic heterocycles. The van der Waals surface area contributed by atoms with Crippen molar-refractivity contribution in [2.45, 2.75) is 30.8 Å². The van der Waals surface area contributed by atoms with E-state index in [-0.39, 0.29) is 29.7 Å². The summed E-state index contributed by atoms with van der Waals surface area (Å²) in [5.41, 5.74) is 5.15. The van der Waals surface area contributed by atoms with Gasteiger partial charge in [0.05, 0.1) is 25.2 Å². The van der Waals surface area contributed by atoms with Crippen LogP contribution in [0.15, 0.2) is 78.9 Å². The van der Waals surface area contributed by atoms with Gasteiger partial charge in [-0.05, 0) is 47.2 Å². The molecule has 6 heteroatoms. The van der Waals surface area contributed by atoms with Crippen LogP contribution in [0.1, 0.15) is 46.3 Å². The third-order valence-corrected chi connectivity index (χ3v) is 7.86. The summed E-state index contributed by atoms with van der Waals surface area (Å²) < 4.78 is 5.78. The molecule has 1 aliphatic carbocycles. The third kappa shape index (κ3) is 5.04. The van der Waals surface area contributed by atoms with Crippen LogP contribution in [0.2, 0.25) is 0 Å². The first-order chi connectivity index (χ1) is 18.2. The smallest absolute Gasteiger partial charge is 0.251 e. The largest absolute Gasteiger partial charge is 0.377 e. The molecule has 37 heavy (non-hydrogen) atoms. The van der Waals surface area contributed by atoms with E-state index in [9.17, 15) is 9.59 Å². The summed E-state index contributed by atoms with van der Waals surface area (Å²) in [4.78, 5) is 28.5. The van der Waals surface area contributed by atoms with E-state index < -0.39 is 0 Å². The van der Waals surface area contributed by atoms with E-state index >= 15 is 0 Å². The molecule has 0 radical (unpaired) electrons. The lowest BCUT2D eigenvalue weighted by Gasteiger charge is -2.38. The second kappa shape index (κ2) is 10.5. The molecule has 6 rings (SSSR count). The maximum Gasteiger partial charge on any atom is 0.251 e. The number of nitrogens with zero attached hydrogens (tertiary/aromatic N) is 1. The number of ether oxygens (including phenoxy) is 1. The second-order valence-corrected chi connectivity index (χ2v) is 10.3. The predicted octanol–water partition coefficient (Wildman–Crippen LogP) is 4.15. The molecule has 1 saturated carbocycles. The lowest BCUT2D eigenvalue weighted by molar-refractivity contribution is -0.144. The van der Waals surface area contributed by atoms with Crippen LogP contribution < -0.4 is 10.6 Å². The van der Waals surface area contributed by atoms with Crippen molar-refractivity contribution in [3.8, 4) is 11.1 Å². The number of carbonyl (C=O) groups excluding carboxylic acids is 2. The predicted molar refractivity (Wildman–Crippen MR) is 143 cm³/mol. The van der Waals surface area contributed by atoms with Gasteiger partial charge in [-0.2, -0.15) is 0 Å². The zero-order valence-electron chi connectivity index (χ0n) is 20.9. The summed E-state index contributed by atoms with van der Waals surface area (Å²) in [6.07, 6.45) is 2.14. The number of carbonyl (C=O) groups is 2. The van der Waals surface area contributed by atoms with Gasteiger partial charge in [0.2, 0.25) is 5.91 Å². The van der Waals surface area contributed by atoms with E-state index in [4.69, 9.17) is 4.74 Å². The van der Waals surface area contributed by atoms with Crippen LogP contribution in [-0.2, 0) is 9.53 Å². The lowest BCUT2D eigenvalue weighted by atomic mass is 9.83. The van der Waals surface area contributed by atoms with Crippen molar-refractivity contribution in [1.29, 1.82) is 0 Å². The number of hydrogen-bond acceptors (Lipinski definition) is 4. The van der Waals surface area contributed by atoms with Gasteiger partial charge in [0, 0.05) is 37.2 Å². The average molecular weight is 496 g/mol. The molecule has 0 unspecified atom stereocenters. The fourth-order valence-electron chi connectivity index (χ4n) is 5.68. The summed E-state index contributed by atoms with van der Waals surface area (Å²) >= 11 is 0. The molecule has 2 heterocycles. The SMILES string of the molecule is O=C(NC1CC1)c1ccc(-c2ccccc2[C@@H]2CNC[C@H]2C(=O)N2CCOC[C@@H]2c2ccccc2)cc1. The maximum atomic E-state index is 14.0. The Morgan fingerprint density at radius 1 is 0.892 bits per heavy atom. The zero-order valence-corrected chi connectivity index (χ0v) is 20.9. The molecule has 3 aromatic carbocycles. The van der Waals surface area contributed by atoms with Crippen molar-refractivity contribution in [1.82, 2.24) is 15.5 Å². The van der Waals surface area contributed by atoms with Gasteiger partial charge >= 0.3 is 0 Å². The number of benzene rings is 3. The molecule has 2 N–H and O–H groups in total. The Kier molecular flexibility index (Phi) is 6.77. The Bertz CT molecular complexity index is 1260. The highest BCUT2D eigenvalue weighted by Gasteiger charge is 2.40. The minimum Gasteiger partial charge on any atom is -0.377 e. The van der Waals surface area contributed by atoms with Crippen molar-refractivity contribution >= 4 is 11.8 Å². The standard InChI is InChI=1S/C31H33N3O3/c35-30(33-24-14-15-24)23-12-10-21(11-13-23)25-8-4-5-9-26(25)27-18-32-19-28(27)31(36)34-16-17-37-20-29(34)22-6-2-1-3-7-22/h1-13,24,27-29,32H,14-20H2,(H,33,35)/t27-,28+,29+/m0/s1. The highest BCUT2D eigenvalue weighted by Crippen LogP contribution is 2.38. The van der Waals surface area contributed by atoms with Crippen molar-refractivity contribution in [3.05, 3.63) is 95.6 Å². The Labute approximate surface area is 218 Å². The summed E-state index contributed by atoms with van der Waals surface area (Å²) in [5.74, 6) is 0.107. The van der Waals surface area contributed by atoms with Crippen LogP contribution in [0, 0.1) is 5.92 Å². The van der Waals surface area contributed by atoms with Crippen molar-refractivity contribution in [3.63, 3.8) is 0 Å². The van der Waals surface area contributed by atoms with E-state index in [1.165, 1.54) is 5.56 Å². The van der Waals surface area contributed by atoms with Crippen LogP contribution >= 0.6 is 0 Å². The molecule has 2 amide bonds. The van der Waals surface area contributed by atoms with Crippen LogP contribution in [0.5, 0.6) is 0 Å². The molecule has 0 bridgehead atoms. The number of hydrogen-bond donors (Lipinski definition) is 2. The first kappa shape index (κ1) is 23.9. The zero-order chi connectivity index (χ0) is 25.2. The van der Waals surface area contributed by atoms with Gasteiger partial charge in [0.1, 0.15) is 0 Å². The molecule has 6 nitrogen and oxygen atoms in total. The molecule has 3 aliphatic rings. The van der Waals surface area contributed by atoms with Crippen molar-refractivity contribution < 1.29 is 14.3 Å². The van der Waals surface area contributed by atoms with E-state index in [1.54, 1.807) is 0 Å². The first-order valence-electron chi connectivity index (χ1n) is 13.3. The summed E-state index contributed by atoms with van der Waals surface area (Å²) in [7, 11) is 0. The minimum atomic E-state index is -0.144. The quantitative estimate of drug-likeness (QED) is 0.539. The molecule has 2 aliphatic heterocycles. The average Bonchev–Trinajstić information content (AvgIpc) is 3.64. The van der Waals surface area contributed by atoms with Crippen molar-refractivity contribution in [2.24, 2.45) is 5.92 Å². The highest BCUT2D eigenvalue weighted by molar-refractivity contribution is 5.95. The van der Waals surface area contributed by atoms with Crippen LogP contribution in [0.3, 0.4) is 0 Å². The Hall–Kier alpha value is -3.48. The van der Waals surface area contributed by atoms with E-state index in [0.29, 0.717) is 37.9 Å². The molecule has 0 spiro atoms. The normalized spacial score (nSPS) is 23.6. The van der Waals surface area contributed by atoms with Gasteiger partial charge < -0.3 is 20.3 Å². The van der Waals surface area contributed by atoms with Gasteiger partial charge in [-0.25, -0.2) is 0 Å². The molecular formula is C31H33N3O3. The molecular weight excluding hydrogens is 462 g/mol. The molecule has 3 fully saturated rings. The monoisotopic (exact) mass is 495 g/mol. The van der Waals surface area contributed by atoms with E-state index in [0.717, 1.165) is 36.1 Å². The Morgan fingerprint density at radius 3 is 2.43 bits per heavy atom. The fraction of sp³-hybridized carbons (Fsp3) is 0.355. The summed E-state index contributed by atoms with van der Waals surface area (Å²) in [5, 5.41) is 6.54. The third-order valence-electron chi connectivity index (χ3n) is 7.86. The molecule has 190 valence electrons. The van der Waals surface area contributed by atoms with Gasteiger partial charge in [-0.3, -0.25) is 9.59 Å². The maximum absolute atomic E-state index is 14.0. The van der Waals surface area contributed by atoms with Crippen LogP contribution in [0.25, 0.3) is 11.1 Å². The Morgan fingerprint density at radius 2 is 1.65 bits per heavy atom. The highest BCUT2D eigenvalue weighted by atomic mass is 16.5. The van der Waals surface area contributed by atoms with Gasteiger partial charge in [-0.15, -0.1) is 0 Å². The van der Waals surface area contributed by atoms with Crippen molar-refractivity contribution in [2.75, 3.05) is 32.8 Å². The minimum absolute atomic E-state index is 0.00790. The second-order valence-electron chi connectivity index (χ2n) is 10.3. The molecule has 3 aromatic rings. The van der Waals surface area contributed by atoms with E-state index in [2.05, 4.69) is 41.0 Å².